The first-order chi connectivity index (χ1) is 8.25. The van der Waals surface area contributed by atoms with E-state index in [9.17, 15) is 0 Å². The fraction of sp³-hybridized carbons (Fsp3) is 0.462. The van der Waals surface area contributed by atoms with E-state index in [1.807, 2.05) is 19.1 Å². The van der Waals surface area contributed by atoms with Crippen molar-refractivity contribution in [1.29, 1.82) is 0 Å². The Morgan fingerprint density at radius 1 is 1.47 bits per heavy atom. The van der Waals surface area contributed by atoms with E-state index in [1.165, 1.54) is 12.0 Å². The van der Waals surface area contributed by atoms with Crippen LogP contribution in [0, 0.1) is 0 Å². The van der Waals surface area contributed by atoms with Crippen molar-refractivity contribution in [2.24, 2.45) is 5.73 Å². The maximum Gasteiger partial charge on any atom is 0.181 e. The summed E-state index contributed by atoms with van der Waals surface area (Å²) in [5, 5.41) is 3.40. The first kappa shape index (κ1) is 12.1. The van der Waals surface area contributed by atoms with E-state index in [2.05, 4.69) is 16.4 Å². The van der Waals surface area contributed by atoms with Crippen LogP contribution < -0.4 is 11.1 Å². The lowest BCUT2D eigenvalue weighted by Gasteiger charge is -2.06. The van der Waals surface area contributed by atoms with Crippen LogP contribution in [0.1, 0.15) is 25.3 Å². The van der Waals surface area contributed by atoms with Crippen molar-refractivity contribution < 1.29 is 4.42 Å². The Hall–Kier alpha value is -1.39. The Labute approximate surface area is 101 Å². The zero-order valence-electron chi connectivity index (χ0n) is 10.1. The zero-order chi connectivity index (χ0) is 12.1. The molecule has 1 atom stereocenters. The molecule has 3 N–H and O–H groups in total. The van der Waals surface area contributed by atoms with E-state index in [1.54, 1.807) is 0 Å². The highest BCUT2D eigenvalue weighted by Crippen LogP contribution is 2.13. The number of rotatable bonds is 6. The normalized spacial score (nSPS) is 13.1. The van der Waals surface area contributed by atoms with Gasteiger partial charge >= 0.3 is 0 Å². The molecule has 4 heteroatoms. The molecule has 1 aromatic carbocycles. The molecule has 0 bridgehead atoms. The Morgan fingerprint density at radius 2 is 2.35 bits per heavy atom. The van der Waals surface area contributed by atoms with Crippen molar-refractivity contribution in [2.75, 3.05) is 6.54 Å². The number of oxazole rings is 1. The summed E-state index contributed by atoms with van der Waals surface area (Å²) in [5.74, 6) is 0. The molecule has 17 heavy (non-hydrogen) atoms. The molecule has 92 valence electrons. The van der Waals surface area contributed by atoms with Crippen molar-refractivity contribution in [3.63, 3.8) is 0 Å². The van der Waals surface area contributed by atoms with E-state index in [0.717, 1.165) is 37.0 Å². The molecule has 0 saturated heterocycles. The third-order valence-electron chi connectivity index (χ3n) is 2.74. The molecule has 0 radical (unpaired) electrons. The summed E-state index contributed by atoms with van der Waals surface area (Å²) in [6.45, 7) is 3.89. The minimum absolute atomic E-state index is 0.294. The van der Waals surface area contributed by atoms with Crippen molar-refractivity contribution >= 4 is 11.1 Å². The van der Waals surface area contributed by atoms with Gasteiger partial charge in [-0.1, -0.05) is 6.07 Å². The van der Waals surface area contributed by atoms with Crippen molar-refractivity contribution in [3.8, 4) is 0 Å². The maximum absolute atomic E-state index is 5.69. The summed E-state index contributed by atoms with van der Waals surface area (Å²) in [7, 11) is 0. The molecule has 0 aliphatic heterocycles. The summed E-state index contributed by atoms with van der Waals surface area (Å²) < 4.78 is 5.26. The highest BCUT2D eigenvalue weighted by molar-refractivity contribution is 5.72. The van der Waals surface area contributed by atoms with Gasteiger partial charge in [0.05, 0.1) is 0 Å². The van der Waals surface area contributed by atoms with Gasteiger partial charge in [0, 0.05) is 12.6 Å². The van der Waals surface area contributed by atoms with E-state index in [0.29, 0.717) is 6.04 Å². The number of benzene rings is 1. The Bertz CT molecular complexity index is 464. The van der Waals surface area contributed by atoms with Crippen molar-refractivity contribution in [1.82, 2.24) is 10.3 Å². The SMILES string of the molecule is CC(N)CCCNCc1ccc2ncoc2c1. The van der Waals surface area contributed by atoms with Crippen LogP contribution in [0.5, 0.6) is 0 Å². The topological polar surface area (TPSA) is 64.1 Å². The first-order valence-corrected chi connectivity index (χ1v) is 6.04. The molecule has 1 unspecified atom stereocenters. The Balaban J connectivity index is 1.78. The molecule has 1 heterocycles. The van der Waals surface area contributed by atoms with Gasteiger partial charge in [-0.05, 0) is 44.0 Å². The standard InChI is InChI=1S/C13H19N3O/c1-10(14)3-2-6-15-8-11-4-5-12-13(7-11)17-9-16-12/h4-5,7,9-10,15H,2-3,6,8,14H2,1H3. The van der Waals surface area contributed by atoms with Crippen LogP contribution in [0.2, 0.25) is 0 Å². The van der Waals surface area contributed by atoms with Gasteiger partial charge in [0.1, 0.15) is 5.52 Å². The molecule has 0 fully saturated rings. The number of nitrogens with two attached hydrogens (primary N) is 1. The number of nitrogens with one attached hydrogen (secondary N) is 1. The quantitative estimate of drug-likeness (QED) is 0.749. The number of hydrogen-bond donors (Lipinski definition) is 2. The average Bonchev–Trinajstić information content (AvgIpc) is 2.75. The van der Waals surface area contributed by atoms with E-state index in [-0.39, 0.29) is 0 Å². The van der Waals surface area contributed by atoms with Crippen LogP contribution in [0.4, 0.5) is 0 Å². The van der Waals surface area contributed by atoms with Gasteiger partial charge in [-0.2, -0.15) is 0 Å². The Morgan fingerprint density at radius 3 is 3.18 bits per heavy atom. The van der Waals surface area contributed by atoms with Crippen LogP contribution in [-0.2, 0) is 6.54 Å². The lowest BCUT2D eigenvalue weighted by atomic mass is 10.2. The third kappa shape index (κ3) is 3.54. The predicted molar refractivity (Wildman–Crippen MR) is 68.6 cm³/mol. The van der Waals surface area contributed by atoms with Gasteiger partial charge in [-0.25, -0.2) is 4.98 Å². The molecule has 0 spiro atoms. The van der Waals surface area contributed by atoms with Crippen LogP contribution in [0.15, 0.2) is 29.0 Å². The summed E-state index contributed by atoms with van der Waals surface area (Å²) in [6, 6.07) is 6.38. The van der Waals surface area contributed by atoms with Gasteiger partial charge in [0.15, 0.2) is 12.0 Å². The second-order valence-corrected chi connectivity index (χ2v) is 4.45. The summed E-state index contributed by atoms with van der Waals surface area (Å²) in [6.07, 6.45) is 3.65. The van der Waals surface area contributed by atoms with Crippen LogP contribution in [0.25, 0.3) is 11.1 Å². The number of nitrogens with zero attached hydrogens (tertiary/aromatic N) is 1. The van der Waals surface area contributed by atoms with Crippen LogP contribution >= 0.6 is 0 Å². The second-order valence-electron chi connectivity index (χ2n) is 4.45. The van der Waals surface area contributed by atoms with E-state index < -0.39 is 0 Å². The molecule has 2 aromatic rings. The minimum atomic E-state index is 0.294. The number of aromatic nitrogens is 1. The number of fused-ring (bicyclic) bond motifs is 1. The van der Waals surface area contributed by atoms with Gasteiger partial charge in [0.25, 0.3) is 0 Å². The zero-order valence-corrected chi connectivity index (χ0v) is 10.1. The average molecular weight is 233 g/mol. The lowest BCUT2D eigenvalue weighted by Crippen LogP contribution is -2.19. The molecular weight excluding hydrogens is 214 g/mol. The fourth-order valence-corrected chi connectivity index (χ4v) is 1.79. The number of hydrogen-bond acceptors (Lipinski definition) is 4. The van der Waals surface area contributed by atoms with Crippen LogP contribution in [0.3, 0.4) is 0 Å². The van der Waals surface area contributed by atoms with Gasteiger partial charge in [-0.15, -0.1) is 0 Å². The largest absolute Gasteiger partial charge is 0.443 e. The summed E-state index contributed by atoms with van der Waals surface area (Å²) in [5.41, 5.74) is 8.66. The van der Waals surface area contributed by atoms with Crippen LogP contribution in [-0.4, -0.2) is 17.6 Å². The molecule has 1 aromatic heterocycles. The monoisotopic (exact) mass is 233 g/mol. The molecular formula is C13H19N3O. The maximum atomic E-state index is 5.69. The highest BCUT2D eigenvalue weighted by atomic mass is 16.3. The van der Waals surface area contributed by atoms with Gasteiger partial charge < -0.3 is 15.5 Å². The molecule has 0 amide bonds. The van der Waals surface area contributed by atoms with E-state index in [4.69, 9.17) is 10.2 Å². The first-order valence-electron chi connectivity index (χ1n) is 6.04. The second kappa shape index (κ2) is 5.80. The van der Waals surface area contributed by atoms with Crippen molar-refractivity contribution in [3.05, 3.63) is 30.2 Å². The summed E-state index contributed by atoms with van der Waals surface area (Å²) >= 11 is 0. The molecule has 0 aliphatic rings. The lowest BCUT2D eigenvalue weighted by molar-refractivity contribution is 0.573. The van der Waals surface area contributed by atoms with E-state index >= 15 is 0 Å². The molecule has 0 aliphatic carbocycles. The van der Waals surface area contributed by atoms with Crippen molar-refractivity contribution in [2.45, 2.75) is 32.4 Å². The molecule has 2 rings (SSSR count). The molecule has 4 nitrogen and oxygen atoms in total. The third-order valence-corrected chi connectivity index (χ3v) is 2.74. The summed E-state index contributed by atoms with van der Waals surface area (Å²) in [4.78, 5) is 4.09. The Kier molecular flexibility index (Phi) is 4.12. The highest BCUT2D eigenvalue weighted by Gasteiger charge is 2.00. The van der Waals surface area contributed by atoms with Gasteiger partial charge in [-0.3, -0.25) is 0 Å². The fourth-order valence-electron chi connectivity index (χ4n) is 1.79. The van der Waals surface area contributed by atoms with Gasteiger partial charge in [0.2, 0.25) is 0 Å². The molecule has 0 saturated carbocycles. The predicted octanol–water partition coefficient (Wildman–Crippen LogP) is 2.04. The smallest absolute Gasteiger partial charge is 0.181 e. The minimum Gasteiger partial charge on any atom is -0.443 e.